The molecule has 2 atom stereocenters. The molecule has 0 amide bonds. The number of methoxy groups -OCH3 is 2. The average molecular weight is 436 g/mol. The monoisotopic (exact) mass is 435 g/mol. The van der Waals surface area contributed by atoms with E-state index in [0.717, 1.165) is 22.4 Å². The topological polar surface area (TPSA) is 65.9 Å². The van der Waals surface area contributed by atoms with E-state index in [2.05, 4.69) is 0 Å². The molecule has 1 aliphatic rings. The lowest BCUT2D eigenvalue weighted by Gasteiger charge is -2.23. The van der Waals surface area contributed by atoms with Crippen molar-refractivity contribution in [3.05, 3.63) is 83.4 Å². The van der Waals surface area contributed by atoms with Crippen molar-refractivity contribution >= 4 is 28.4 Å². The van der Waals surface area contributed by atoms with Gasteiger partial charge in [-0.15, -0.1) is 0 Å². The Bertz CT molecular complexity index is 1130. The van der Waals surface area contributed by atoms with Crippen molar-refractivity contribution in [2.45, 2.75) is 19.9 Å². The highest BCUT2D eigenvalue weighted by Crippen LogP contribution is 2.42. The molecular formula is C24H25N3O3S. The van der Waals surface area contributed by atoms with Crippen LogP contribution < -0.4 is 18.1 Å². The van der Waals surface area contributed by atoms with Crippen molar-refractivity contribution in [3.63, 3.8) is 0 Å². The van der Waals surface area contributed by atoms with Crippen molar-refractivity contribution < 1.29 is 13.7 Å². The van der Waals surface area contributed by atoms with Gasteiger partial charge in [-0.2, -0.15) is 0 Å². The Hall–Kier alpha value is -3.32. The highest BCUT2D eigenvalue weighted by Gasteiger charge is 2.44. The number of benzene rings is 3. The summed E-state index contributed by atoms with van der Waals surface area (Å²) in [5.74, 6) is 1.40. The number of ether oxygens (including phenoxy) is 2. The standard InChI is InChI=1S/C24H25N3O3S/c1-16-5-10-19(11-6-16)26-23(18-9-14-21(29-3)22(15-18)30-4)24(25)27(31(26)28)20-12-7-17(2)8-13-20/h5-15,23,25H,1-4H3. The summed E-state index contributed by atoms with van der Waals surface area (Å²) < 4.78 is 27.9. The number of hydrogen-bond donors (Lipinski definition) is 1. The molecule has 1 N–H and O–H groups in total. The summed E-state index contributed by atoms with van der Waals surface area (Å²) in [7, 11) is 3.16. The first kappa shape index (κ1) is 20.9. The summed E-state index contributed by atoms with van der Waals surface area (Å²) in [5.41, 5.74) is 4.51. The molecule has 0 spiro atoms. The first-order valence-electron chi connectivity index (χ1n) is 9.89. The van der Waals surface area contributed by atoms with E-state index in [0.29, 0.717) is 17.2 Å². The molecule has 6 nitrogen and oxygen atoms in total. The molecule has 1 fully saturated rings. The number of nitrogens with zero attached hydrogens (tertiary/aromatic N) is 2. The normalized spacial score (nSPS) is 18.4. The van der Waals surface area contributed by atoms with Gasteiger partial charge in [0.25, 0.3) is 0 Å². The summed E-state index contributed by atoms with van der Waals surface area (Å²) in [6, 6.07) is 20.5. The Morgan fingerprint density at radius 3 is 1.90 bits per heavy atom. The third-order valence-electron chi connectivity index (χ3n) is 5.32. The molecule has 2 unspecified atom stereocenters. The number of rotatable bonds is 5. The fraction of sp³-hybridized carbons (Fsp3) is 0.208. The molecule has 3 aromatic carbocycles. The minimum absolute atomic E-state index is 0.231. The maximum Gasteiger partial charge on any atom is 0.232 e. The third kappa shape index (κ3) is 3.77. The van der Waals surface area contributed by atoms with Gasteiger partial charge < -0.3 is 9.47 Å². The second kappa shape index (κ2) is 8.43. The van der Waals surface area contributed by atoms with Crippen LogP contribution in [-0.4, -0.2) is 24.3 Å². The van der Waals surface area contributed by atoms with Crippen molar-refractivity contribution in [1.29, 1.82) is 5.41 Å². The first-order valence-corrected chi connectivity index (χ1v) is 11.0. The fourth-order valence-electron chi connectivity index (χ4n) is 3.64. The van der Waals surface area contributed by atoms with E-state index in [4.69, 9.17) is 14.9 Å². The highest BCUT2D eigenvalue weighted by molar-refractivity contribution is 7.89. The Labute approximate surface area is 185 Å². The molecule has 0 saturated carbocycles. The van der Waals surface area contributed by atoms with Gasteiger partial charge in [0.05, 0.1) is 25.6 Å². The molecule has 7 heteroatoms. The van der Waals surface area contributed by atoms with Crippen LogP contribution in [0.3, 0.4) is 0 Å². The third-order valence-corrected chi connectivity index (χ3v) is 6.80. The summed E-state index contributed by atoms with van der Waals surface area (Å²) >= 11 is -1.62. The van der Waals surface area contributed by atoms with Gasteiger partial charge in [-0.05, 0) is 55.8 Å². The van der Waals surface area contributed by atoms with E-state index in [9.17, 15) is 4.21 Å². The van der Waals surface area contributed by atoms with Gasteiger partial charge in [0.15, 0.2) is 11.5 Å². The molecular weight excluding hydrogens is 410 g/mol. The Balaban J connectivity index is 1.85. The van der Waals surface area contributed by atoms with Gasteiger partial charge in [-0.3, -0.25) is 9.71 Å². The molecule has 4 rings (SSSR count). The van der Waals surface area contributed by atoms with E-state index >= 15 is 0 Å². The van der Waals surface area contributed by atoms with Crippen molar-refractivity contribution in [2.75, 3.05) is 22.8 Å². The lowest BCUT2D eigenvalue weighted by molar-refractivity contribution is 0.354. The molecule has 31 heavy (non-hydrogen) atoms. The Kier molecular flexibility index (Phi) is 5.69. The lowest BCUT2D eigenvalue weighted by Crippen LogP contribution is -2.27. The largest absolute Gasteiger partial charge is 0.493 e. The second-order valence-corrected chi connectivity index (χ2v) is 8.64. The van der Waals surface area contributed by atoms with Gasteiger partial charge in [0.1, 0.15) is 11.9 Å². The van der Waals surface area contributed by atoms with Crippen LogP contribution in [-0.2, 0) is 11.2 Å². The number of anilines is 2. The van der Waals surface area contributed by atoms with Crippen LogP contribution in [0.1, 0.15) is 22.7 Å². The molecule has 1 aliphatic heterocycles. The number of nitrogens with one attached hydrogen (secondary N) is 1. The Morgan fingerprint density at radius 1 is 0.806 bits per heavy atom. The average Bonchev–Trinajstić information content (AvgIpc) is 3.04. The van der Waals surface area contributed by atoms with Crippen molar-refractivity contribution in [1.82, 2.24) is 0 Å². The van der Waals surface area contributed by atoms with Crippen LogP contribution in [0, 0.1) is 19.3 Å². The zero-order valence-electron chi connectivity index (χ0n) is 18.0. The van der Waals surface area contributed by atoms with Crippen LogP contribution >= 0.6 is 0 Å². The van der Waals surface area contributed by atoms with Crippen molar-refractivity contribution in [3.8, 4) is 11.5 Å². The highest BCUT2D eigenvalue weighted by atomic mass is 32.2. The smallest absolute Gasteiger partial charge is 0.232 e. The van der Waals surface area contributed by atoms with Crippen LogP contribution in [0.15, 0.2) is 66.7 Å². The van der Waals surface area contributed by atoms with Crippen LogP contribution in [0.5, 0.6) is 11.5 Å². The van der Waals surface area contributed by atoms with E-state index in [1.54, 1.807) is 22.8 Å². The summed E-state index contributed by atoms with van der Waals surface area (Å²) in [5, 5.41) is 8.99. The van der Waals surface area contributed by atoms with E-state index in [1.165, 1.54) is 0 Å². The maximum absolute atomic E-state index is 13.7. The number of aryl methyl sites for hydroxylation is 2. The second-order valence-electron chi connectivity index (χ2n) is 7.42. The predicted molar refractivity (Wildman–Crippen MR) is 125 cm³/mol. The molecule has 160 valence electrons. The molecule has 0 aliphatic carbocycles. The summed E-state index contributed by atoms with van der Waals surface area (Å²) in [6.45, 7) is 4.01. The van der Waals surface area contributed by atoms with Gasteiger partial charge in [-0.1, -0.05) is 41.5 Å². The number of amidine groups is 1. The van der Waals surface area contributed by atoms with Gasteiger partial charge in [0.2, 0.25) is 11.2 Å². The van der Waals surface area contributed by atoms with Gasteiger partial charge in [0, 0.05) is 0 Å². The molecule has 1 saturated heterocycles. The first-order chi connectivity index (χ1) is 14.9. The van der Waals surface area contributed by atoms with E-state index < -0.39 is 17.2 Å². The molecule has 1 heterocycles. The van der Waals surface area contributed by atoms with E-state index in [-0.39, 0.29) is 5.84 Å². The minimum Gasteiger partial charge on any atom is -0.493 e. The van der Waals surface area contributed by atoms with Crippen molar-refractivity contribution in [2.24, 2.45) is 0 Å². The van der Waals surface area contributed by atoms with Crippen LogP contribution in [0.2, 0.25) is 0 Å². The van der Waals surface area contributed by atoms with Gasteiger partial charge >= 0.3 is 0 Å². The maximum atomic E-state index is 13.7. The van der Waals surface area contributed by atoms with E-state index in [1.807, 2.05) is 80.6 Å². The van der Waals surface area contributed by atoms with Crippen LogP contribution in [0.4, 0.5) is 11.4 Å². The van der Waals surface area contributed by atoms with Gasteiger partial charge in [-0.25, -0.2) is 8.51 Å². The SMILES string of the molecule is COc1ccc(C2C(=N)N(c3ccc(C)cc3)S(=O)N2c2ccc(C)cc2)cc1OC. The summed E-state index contributed by atoms with van der Waals surface area (Å²) in [6.07, 6.45) is 0. The zero-order valence-corrected chi connectivity index (χ0v) is 18.8. The molecule has 0 aromatic heterocycles. The summed E-state index contributed by atoms with van der Waals surface area (Å²) in [4.78, 5) is 0. The Morgan fingerprint density at radius 2 is 1.35 bits per heavy atom. The predicted octanol–water partition coefficient (Wildman–Crippen LogP) is 4.94. The quantitative estimate of drug-likeness (QED) is 0.617. The fourth-order valence-corrected chi connectivity index (χ4v) is 5.09. The van der Waals surface area contributed by atoms with Crippen LogP contribution in [0.25, 0.3) is 0 Å². The zero-order chi connectivity index (χ0) is 22.1. The number of hydrogen-bond acceptors (Lipinski definition) is 4. The molecule has 0 bridgehead atoms. The molecule has 3 aromatic rings. The molecule has 0 radical (unpaired) electrons. The lowest BCUT2D eigenvalue weighted by atomic mass is 10.0. The minimum atomic E-state index is -1.62.